The highest BCUT2D eigenvalue weighted by molar-refractivity contribution is 7.89. The Kier molecular flexibility index (Phi) is 4.68. The van der Waals surface area contributed by atoms with E-state index >= 15 is 0 Å². The van der Waals surface area contributed by atoms with Gasteiger partial charge in [-0.1, -0.05) is 0 Å². The molecule has 3 N–H and O–H groups in total. The van der Waals surface area contributed by atoms with Crippen LogP contribution in [0.5, 0.6) is 5.75 Å². The second kappa shape index (κ2) is 6.94. The molecule has 1 atom stereocenters. The van der Waals surface area contributed by atoms with E-state index in [0.29, 0.717) is 36.9 Å². The number of nitrogens with two attached hydrogens (primary N) is 1. The Bertz CT molecular complexity index is 1050. The first-order valence-corrected chi connectivity index (χ1v) is 10.6. The lowest BCUT2D eigenvalue weighted by Crippen LogP contribution is -2.56. The Labute approximate surface area is 168 Å². The van der Waals surface area contributed by atoms with Crippen LogP contribution in [0.3, 0.4) is 0 Å². The van der Waals surface area contributed by atoms with Crippen molar-refractivity contribution in [2.24, 2.45) is 5.14 Å². The summed E-state index contributed by atoms with van der Waals surface area (Å²) < 4.78 is 34.0. The highest BCUT2D eigenvalue weighted by Crippen LogP contribution is 2.39. The lowest BCUT2D eigenvalue weighted by Gasteiger charge is -2.40. The van der Waals surface area contributed by atoms with E-state index in [1.54, 1.807) is 30.9 Å². The molecule has 1 saturated heterocycles. The van der Waals surface area contributed by atoms with Crippen molar-refractivity contribution in [1.82, 2.24) is 9.97 Å². The molecule has 1 aromatic carbocycles. The summed E-state index contributed by atoms with van der Waals surface area (Å²) in [6.07, 6.45) is 2.23. The Balaban J connectivity index is 1.66. The molecule has 3 heterocycles. The smallest absolute Gasteiger partial charge is 0.272 e. The topological polar surface area (TPSA) is 137 Å². The van der Waals surface area contributed by atoms with Crippen molar-refractivity contribution in [3.8, 4) is 5.75 Å². The van der Waals surface area contributed by atoms with Crippen LogP contribution in [0, 0.1) is 0 Å². The van der Waals surface area contributed by atoms with E-state index < -0.39 is 15.6 Å². The van der Waals surface area contributed by atoms with Gasteiger partial charge in [-0.25, -0.2) is 18.5 Å². The molecule has 2 aliphatic heterocycles. The normalized spacial score (nSPS) is 20.9. The summed E-state index contributed by atoms with van der Waals surface area (Å²) in [7, 11) is -3.77. The number of amides is 1. The molecule has 154 valence electrons. The maximum Gasteiger partial charge on any atom is 0.272 e. The summed E-state index contributed by atoms with van der Waals surface area (Å²) in [5, 5.41) is 8.11. The number of nitrogens with zero attached hydrogens (tertiary/aromatic N) is 3. The number of carbonyl (C=O) groups is 1. The first-order valence-electron chi connectivity index (χ1n) is 9.02. The lowest BCUT2D eigenvalue weighted by atomic mass is 10.0. The van der Waals surface area contributed by atoms with Gasteiger partial charge in [-0.2, -0.15) is 4.98 Å². The van der Waals surface area contributed by atoms with Gasteiger partial charge in [-0.05, 0) is 44.5 Å². The van der Waals surface area contributed by atoms with E-state index in [1.165, 1.54) is 18.3 Å². The number of nitrogens with one attached hydrogen (secondary N) is 1. The molecular formula is C18H21N5O5S. The van der Waals surface area contributed by atoms with Crippen LogP contribution in [0.15, 0.2) is 35.4 Å². The summed E-state index contributed by atoms with van der Waals surface area (Å²) >= 11 is 0. The maximum absolute atomic E-state index is 13.0. The molecule has 0 bridgehead atoms. The van der Waals surface area contributed by atoms with Crippen LogP contribution in [0.25, 0.3) is 0 Å². The molecule has 2 aliphatic rings. The monoisotopic (exact) mass is 419 g/mol. The molecular weight excluding hydrogens is 398 g/mol. The molecule has 1 fully saturated rings. The Morgan fingerprint density at radius 1 is 1.28 bits per heavy atom. The Hall–Kier alpha value is -2.76. The fraction of sp³-hybridized carbons (Fsp3) is 0.389. The Morgan fingerprint density at radius 3 is 2.62 bits per heavy atom. The molecule has 0 saturated carbocycles. The van der Waals surface area contributed by atoms with Gasteiger partial charge < -0.3 is 14.8 Å². The van der Waals surface area contributed by atoms with Crippen molar-refractivity contribution < 1.29 is 22.7 Å². The summed E-state index contributed by atoms with van der Waals surface area (Å²) in [6.45, 7) is 4.43. The van der Waals surface area contributed by atoms with Crippen LogP contribution in [-0.4, -0.2) is 49.1 Å². The maximum atomic E-state index is 13.0. The zero-order valence-electron chi connectivity index (χ0n) is 16.0. The fourth-order valence-corrected chi connectivity index (χ4v) is 3.81. The Morgan fingerprint density at radius 2 is 2.00 bits per heavy atom. The zero-order valence-corrected chi connectivity index (χ0v) is 16.8. The molecule has 29 heavy (non-hydrogen) atoms. The van der Waals surface area contributed by atoms with Crippen molar-refractivity contribution >= 4 is 33.4 Å². The van der Waals surface area contributed by atoms with Gasteiger partial charge in [0.05, 0.1) is 23.7 Å². The number of anilines is 3. The number of ether oxygens (including phenoxy) is 2. The van der Waals surface area contributed by atoms with Gasteiger partial charge in [0.25, 0.3) is 5.91 Å². The van der Waals surface area contributed by atoms with Crippen molar-refractivity contribution in [3.63, 3.8) is 0 Å². The number of aromatic nitrogens is 2. The van der Waals surface area contributed by atoms with Gasteiger partial charge >= 0.3 is 0 Å². The van der Waals surface area contributed by atoms with Gasteiger partial charge in [-0.15, -0.1) is 0 Å². The van der Waals surface area contributed by atoms with Gasteiger partial charge in [0.2, 0.25) is 16.0 Å². The fourth-order valence-electron chi connectivity index (χ4n) is 3.29. The van der Waals surface area contributed by atoms with Gasteiger partial charge in [-0.3, -0.25) is 9.69 Å². The minimum Gasteiger partial charge on any atom is -0.472 e. The molecule has 0 aliphatic carbocycles. The molecule has 2 aromatic rings. The van der Waals surface area contributed by atoms with Crippen LogP contribution >= 0.6 is 0 Å². The number of carbonyl (C=O) groups excluding carboxylic acids is 1. The summed E-state index contributed by atoms with van der Waals surface area (Å²) in [6, 6.07) is 5.74. The SMILES string of the molecule is CC1(C)Oc2cnc(Nc3ccc(S(N)(=O)=O)cc3)nc2N([C@H]2CCOC2)C1=O. The summed E-state index contributed by atoms with van der Waals surface area (Å²) in [4.78, 5) is 23.4. The third kappa shape index (κ3) is 3.76. The number of rotatable bonds is 4. The molecule has 0 radical (unpaired) electrons. The van der Waals surface area contributed by atoms with Crippen molar-refractivity contribution in [2.75, 3.05) is 23.4 Å². The lowest BCUT2D eigenvalue weighted by molar-refractivity contribution is -0.133. The average molecular weight is 419 g/mol. The quantitative estimate of drug-likeness (QED) is 0.753. The first kappa shape index (κ1) is 19.6. The predicted molar refractivity (Wildman–Crippen MR) is 105 cm³/mol. The average Bonchev–Trinajstić information content (AvgIpc) is 3.17. The summed E-state index contributed by atoms with van der Waals surface area (Å²) in [5.41, 5.74) is -0.464. The third-order valence-electron chi connectivity index (χ3n) is 4.77. The standard InChI is InChI=1S/C18H21N5O5S/c1-18(2)16(24)23(12-7-8-27-10-12)15-14(28-18)9-20-17(22-15)21-11-3-5-13(6-4-11)29(19,25)26/h3-6,9,12H,7-8,10H2,1-2H3,(H2,19,25,26)(H,20,21,22)/t12-/m0/s1. The number of sulfonamides is 1. The molecule has 0 spiro atoms. The number of fused-ring (bicyclic) bond motifs is 1. The number of benzene rings is 1. The molecule has 1 amide bonds. The second-order valence-electron chi connectivity index (χ2n) is 7.38. The van der Waals surface area contributed by atoms with E-state index in [9.17, 15) is 13.2 Å². The minimum absolute atomic E-state index is 0.00282. The van der Waals surface area contributed by atoms with E-state index in [-0.39, 0.29) is 22.8 Å². The first-order chi connectivity index (χ1) is 13.6. The van der Waals surface area contributed by atoms with Gasteiger partial charge in [0.1, 0.15) is 0 Å². The number of primary sulfonamides is 1. The van der Waals surface area contributed by atoms with E-state index in [2.05, 4.69) is 15.3 Å². The van der Waals surface area contributed by atoms with Crippen LogP contribution in [0.2, 0.25) is 0 Å². The van der Waals surface area contributed by atoms with Crippen molar-refractivity contribution in [3.05, 3.63) is 30.5 Å². The zero-order chi connectivity index (χ0) is 20.8. The molecule has 1 aromatic heterocycles. The molecule has 4 rings (SSSR count). The van der Waals surface area contributed by atoms with Crippen LogP contribution < -0.4 is 20.1 Å². The van der Waals surface area contributed by atoms with E-state index in [1.807, 2.05) is 0 Å². The summed E-state index contributed by atoms with van der Waals surface area (Å²) in [5.74, 6) is 0.842. The second-order valence-corrected chi connectivity index (χ2v) is 8.94. The van der Waals surface area contributed by atoms with Crippen molar-refractivity contribution in [2.45, 2.75) is 36.8 Å². The minimum atomic E-state index is -3.77. The molecule has 10 nitrogen and oxygen atoms in total. The number of hydrogen-bond donors (Lipinski definition) is 2. The van der Waals surface area contributed by atoms with Crippen LogP contribution in [0.4, 0.5) is 17.5 Å². The third-order valence-corrected chi connectivity index (χ3v) is 5.70. The van der Waals surface area contributed by atoms with Gasteiger partial charge in [0, 0.05) is 12.3 Å². The van der Waals surface area contributed by atoms with E-state index in [4.69, 9.17) is 14.6 Å². The largest absolute Gasteiger partial charge is 0.472 e. The highest BCUT2D eigenvalue weighted by Gasteiger charge is 2.45. The predicted octanol–water partition coefficient (Wildman–Crippen LogP) is 1.16. The van der Waals surface area contributed by atoms with Crippen LogP contribution in [0.1, 0.15) is 20.3 Å². The molecule has 0 unspecified atom stereocenters. The highest BCUT2D eigenvalue weighted by atomic mass is 32.2. The van der Waals surface area contributed by atoms with E-state index in [0.717, 1.165) is 0 Å². The number of hydrogen-bond acceptors (Lipinski definition) is 8. The molecule has 11 heteroatoms. The van der Waals surface area contributed by atoms with Gasteiger partial charge in [0.15, 0.2) is 17.2 Å². The van der Waals surface area contributed by atoms with Crippen molar-refractivity contribution in [1.29, 1.82) is 0 Å². The van der Waals surface area contributed by atoms with Crippen LogP contribution in [-0.2, 0) is 19.6 Å².